The maximum atomic E-state index is 11.7. The average Bonchev–Trinajstić information content (AvgIpc) is 2.43. The van der Waals surface area contributed by atoms with Crippen LogP contribution in [0.5, 0.6) is 5.75 Å². The molecular formula is C15H13BrClNO2. The average molecular weight is 355 g/mol. The Morgan fingerprint density at radius 2 is 2.00 bits per heavy atom. The van der Waals surface area contributed by atoms with Crippen molar-refractivity contribution < 1.29 is 9.53 Å². The highest BCUT2D eigenvalue weighted by Gasteiger charge is 2.03. The number of ether oxygens (including phenoxy) is 1. The number of halogens is 2. The molecule has 0 aliphatic carbocycles. The van der Waals surface area contributed by atoms with Crippen LogP contribution in [-0.4, -0.2) is 12.5 Å². The van der Waals surface area contributed by atoms with E-state index in [1.165, 1.54) is 0 Å². The van der Waals surface area contributed by atoms with Crippen molar-refractivity contribution in [3.8, 4) is 5.75 Å². The fourth-order valence-corrected chi connectivity index (χ4v) is 2.20. The van der Waals surface area contributed by atoms with Gasteiger partial charge in [0.25, 0.3) is 5.91 Å². The number of rotatable bonds is 5. The second-order valence-corrected chi connectivity index (χ2v) is 5.50. The van der Waals surface area contributed by atoms with E-state index < -0.39 is 0 Å². The highest BCUT2D eigenvalue weighted by atomic mass is 79.9. The van der Waals surface area contributed by atoms with E-state index in [0.29, 0.717) is 17.3 Å². The van der Waals surface area contributed by atoms with Crippen LogP contribution in [0.15, 0.2) is 53.0 Å². The lowest BCUT2D eigenvalue weighted by atomic mass is 10.2. The SMILES string of the molecule is O=C(COc1cccc(Br)c1)NCc1cccc(Cl)c1. The third-order valence-corrected chi connectivity index (χ3v) is 3.27. The number of hydrogen-bond donors (Lipinski definition) is 1. The first-order valence-electron chi connectivity index (χ1n) is 6.03. The van der Waals surface area contributed by atoms with Gasteiger partial charge in [0.2, 0.25) is 0 Å². The molecule has 3 nitrogen and oxygen atoms in total. The lowest BCUT2D eigenvalue weighted by Crippen LogP contribution is -2.28. The Balaban J connectivity index is 1.78. The van der Waals surface area contributed by atoms with Crippen LogP contribution in [0.4, 0.5) is 0 Å². The first-order valence-corrected chi connectivity index (χ1v) is 7.20. The van der Waals surface area contributed by atoms with Crippen molar-refractivity contribution in [3.63, 3.8) is 0 Å². The number of carbonyl (C=O) groups excluding carboxylic acids is 1. The molecular weight excluding hydrogens is 342 g/mol. The molecule has 104 valence electrons. The predicted octanol–water partition coefficient (Wildman–Crippen LogP) is 3.80. The molecule has 0 aromatic heterocycles. The molecule has 0 bridgehead atoms. The highest BCUT2D eigenvalue weighted by Crippen LogP contribution is 2.17. The lowest BCUT2D eigenvalue weighted by molar-refractivity contribution is -0.123. The van der Waals surface area contributed by atoms with Crippen LogP contribution in [0.1, 0.15) is 5.56 Å². The summed E-state index contributed by atoms with van der Waals surface area (Å²) in [5.41, 5.74) is 0.952. The van der Waals surface area contributed by atoms with E-state index in [9.17, 15) is 4.79 Å². The van der Waals surface area contributed by atoms with Gasteiger partial charge in [-0.3, -0.25) is 4.79 Å². The van der Waals surface area contributed by atoms with E-state index in [4.69, 9.17) is 16.3 Å². The second kappa shape index (κ2) is 7.31. The monoisotopic (exact) mass is 353 g/mol. The molecule has 0 aliphatic rings. The van der Waals surface area contributed by atoms with Crippen molar-refractivity contribution in [1.82, 2.24) is 5.32 Å². The normalized spacial score (nSPS) is 10.1. The van der Waals surface area contributed by atoms with Crippen molar-refractivity contribution in [2.24, 2.45) is 0 Å². The van der Waals surface area contributed by atoms with E-state index in [0.717, 1.165) is 10.0 Å². The standard InChI is InChI=1S/C15H13BrClNO2/c16-12-4-2-6-14(8-12)20-10-15(19)18-9-11-3-1-5-13(17)7-11/h1-8H,9-10H2,(H,18,19). The smallest absolute Gasteiger partial charge is 0.258 e. The van der Waals surface area contributed by atoms with E-state index in [-0.39, 0.29) is 12.5 Å². The van der Waals surface area contributed by atoms with Crippen LogP contribution in [0, 0.1) is 0 Å². The molecule has 0 fully saturated rings. The summed E-state index contributed by atoms with van der Waals surface area (Å²) in [7, 11) is 0. The van der Waals surface area contributed by atoms with Gasteiger partial charge in [-0.15, -0.1) is 0 Å². The number of hydrogen-bond acceptors (Lipinski definition) is 2. The Morgan fingerprint density at radius 1 is 1.20 bits per heavy atom. The van der Waals surface area contributed by atoms with Gasteiger partial charge in [-0.2, -0.15) is 0 Å². The minimum absolute atomic E-state index is 0.0168. The quantitative estimate of drug-likeness (QED) is 0.887. The molecule has 0 aliphatic heterocycles. The topological polar surface area (TPSA) is 38.3 Å². The van der Waals surface area contributed by atoms with E-state index in [2.05, 4.69) is 21.2 Å². The zero-order valence-electron chi connectivity index (χ0n) is 10.6. The van der Waals surface area contributed by atoms with Gasteiger partial charge >= 0.3 is 0 Å². The van der Waals surface area contributed by atoms with E-state index in [1.54, 1.807) is 12.1 Å². The van der Waals surface area contributed by atoms with Crippen LogP contribution in [0.25, 0.3) is 0 Å². The summed E-state index contributed by atoms with van der Waals surface area (Å²) < 4.78 is 6.30. The van der Waals surface area contributed by atoms with Crippen molar-refractivity contribution in [1.29, 1.82) is 0 Å². The van der Waals surface area contributed by atoms with Gasteiger partial charge in [-0.25, -0.2) is 0 Å². The van der Waals surface area contributed by atoms with Crippen molar-refractivity contribution in [2.45, 2.75) is 6.54 Å². The molecule has 0 atom stereocenters. The minimum atomic E-state index is -0.176. The molecule has 2 aromatic carbocycles. The Morgan fingerprint density at radius 3 is 2.75 bits per heavy atom. The summed E-state index contributed by atoms with van der Waals surface area (Å²) in [4.78, 5) is 11.7. The Hall–Kier alpha value is -1.52. The van der Waals surface area contributed by atoms with Crippen LogP contribution in [0.2, 0.25) is 5.02 Å². The molecule has 2 rings (SSSR count). The molecule has 0 heterocycles. The maximum absolute atomic E-state index is 11.7. The van der Waals surface area contributed by atoms with Crippen LogP contribution in [-0.2, 0) is 11.3 Å². The van der Waals surface area contributed by atoms with E-state index >= 15 is 0 Å². The molecule has 0 unspecified atom stereocenters. The molecule has 0 saturated carbocycles. The summed E-state index contributed by atoms with van der Waals surface area (Å²) >= 11 is 9.22. The predicted molar refractivity (Wildman–Crippen MR) is 82.9 cm³/mol. The Kier molecular flexibility index (Phi) is 5.44. The van der Waals surface area contributed by atoms with E-state index in [1.807, 2.05) is 36.4 Å². The Bertz CT molecular complexity index is 552. The zero-order chi connectivity index (χ0) is 14.4. The van der Waals surface area contributed by atoms with Crippen molar-refractivity contribution in [2.75, 3.05) is 6.61 Å². The maximum Gasteiger partial charge on any atom is 0.258 e. The Labute approximate surface area is 131 Å². The third-order valence-electron chi connectivity index (χ3n) is 2.54. The molecule has 2 aromatic rings. The molecule has 20 heavy (non-hydrogen) atoms. The summed E-state index contributed by atoms with van der Waals surface area (Å²) in [6.07, 6.45) is 0. The molecule has 0 saturated heterocycles. The van der Waals surface area contributed by atoms with Gasteiger partial charge in [-0.05, 0) is 35.9 Å². The summed E-state index contributed by atoms with van der Waals surface area (Å²) in [5.74, 6) is 0.474. The van der Waals surface area contributed by atoms with Gasteiger partial charge in [0.1, 0.15) is 5.75 Å². The van der Waals surface area contributed by atoms with Crippen LogP contribution < -0.4 is 10.1 Å². The number of carbonyl (C=O) groups is 1. The van der Waals surface area contributed by atoms with Crippen LogP contribution in [0.3, 0.4) is 0 Å². The summed E-state index contributed by atoms with van der Waals surface area (Å²) in [6, 6.07) is 14.7. The van der Waals surface area contributed by atoms with Crippen LogP contribution >= 0.6 is 27.5 Å². The molecule has 1 amide bonds. The van der Waals surface area contributed by atoms with Gasteiger partial charge in [0.15, 0.2) is 6.61 Å². The molecule has 0 spiro atoms. The number of nitrogens with one attached hydrogen (secondary N) is 1. The first kappa shape index (κ1) is 14.9. The fraction of sp³-hybridized carbons (Fsp3) is 0.133. The first-order chi connectivity index (χ1) is 9.63. The fourth-order valence-electron chi connectivity index (χ4n) is 1.60. The van der Waals surface area contributed by atoms with Gasteiger partial charge in [0, 0.05) is 16.0 Å². The van der Waals surface area contributed by atoms with Gasteiger partial charge < -0.3 is 10.1 Å². The molecule has 5 heteroatoms. The molecule has 0 radical (unpaired) electrons. The van der Waals surface area contributed by atoms with Crippen molar-refractivity contribution in [3.05, 3.63) is 63.6 Å². The number of amides is 1. The lowest BCUT2D eigenvalue weighted by Gasteiger charge is -2.08. The molecule has 1 N–H and O–H groups in total. The second-order valence-electron chi connectivity index (χ2n) is 4.15. The largest absolute Gasteiger partial charge is 0.484 e. The van der Waals surface area contributed by atoms with Gasteiger partial charge in [-0.1, -0.05) is 45.7 Å². The van der Waals surface area contributed by atoms with Gasteiger partial charge in [0.05, 0.1) is 0 Å². The zero-order valence-corrected chi connectivity index (χ0v) is 12.9. The minimum Gasteiger partial charge on any atom is -0.484 e. The number of benzene rings is 2. The summed E-state index contributed by atoms with van der Waals surface area (Å²) in [6.45, 7) is 0.415. The highest BCUT2D eigenvalue weighted by molar-refractivity contribution is 9.10. The summed E-state index contributed by atoms with van der Waals surface area (Å²) in [5, 5.41) is 3.43. The van der Waals surface area contributed by atoms with Crippen molar-refractivity contribution >= 4 is 33.4 Å². The third kappa shape index (κ3) is 4.87.